The largest absolute Gasteiger partial charge is 0.354 e. The van der Waals surface area contributed by atoms with Crippen LogP contribution in [0, 0.1) is 16.7 Å². The summed E-state index contributed by atoms with van der Waals surface area (Å²) in [6.07, 6.45) is 1.09. The van der Waals surface area contributed by atoms with E-state index in [0.29, 0.717) is 19.4 Å². The van der Waals surface area contributed by atoms with Gasteiger partial charge in [0.2, 0.25) is 5.91 Å². The van der Waals surface area contributed by atoms with Gasteiger partial charge in [-0.3, -0.25) is 4.79 Å². The maximum atomic E-state index is 12.2. The van der Waals surface area contributed by atoms with E-state index >= 15 is 0 Å². The molecule has 0 fully saturated rings. The van der Waals surface area contributed by atoms with Crippen LogP contribution in [0.1, 0.15) is 45.4 Å². The zero-order valence-corrected chi connectivity index (χ0v) is 12.9. The summed E-state index contributed by atoms with van der Waals surface area (Å²) in [7, 11) is 0. The first-order valence-electron chi connectivity index (χ1n) is 6.65. The molecule has 0 aliphatic rings. The van der Waals surface area contributed by atoms with Gasteiger partial charge in [0, 0.05) is 16.8 Å². The van der Waals surface area contributed by atoms with E-state index in [1.54, 1.807) is 11.3 Å². The molecule has 3 nitrogen and oxygen atoms in total. The van der Waals surface area contributed by atoms with Gasteiger partial charge in [-0.05, 0) is 24.3 Å². The molecule has 104 valence electrons. The van der Waals surface area contributed by atoms with Crippen molar-refractivity contribution in [2.75, 3.05) is 6.54 Å². The van der Waals surface area contributed by atoms with Crippen LogP contribution in [0.5, 0.6) is 0 Å². The van der Waals surface area contributed by atoms with Crippen LogP contribution in [-0.2, 0) is 10.2 Å². The highest BCUT2D eigenvalue weighted by Gasteiger charge is 2.36. The molecule has 0 bridgehead atoms. The van der Waals surface area contributed by atoms with E-state index in [1.807, 2.05) is 25.3 Å². The van der Waals surface area contributed by atoms with Gasteiger partial charge in [-0.2, -0.15) is 5.26 Å². The Kier molecular flexibility index (Phi) is 5.13. The minimum atomic E-state index is -0.883. The lowest BCUT2D eigenvalue weighted by atomic mass is 9.82. The van der Waals surface area contributed by atoms with Gasteiger partial charge in [0.1, 0.15) is 5.41 Å². The summed E-state index contributed by atoms with van der Waals surface area (Å²) in [5.41, 5.74) is -0.988. The van der Waals surface area contributed by atoms with E-state index in [0.717, 1.165) is 0 Å². The number of nitrogens with zero attached hydrogens (tertiary/aromatic N) is 1. The fourth-order valence-electron chi connectivity index (χ4n) is 2.00. The van der Waals surface area contributed by atoms with E-state index < -0.39 is 5.41 Å². The van der Waals surface area contributed by atoms with Crippen LogP contribution in [-0.4, -0.2) is 12.5 Å². The third-order valence-corrected chi connectivity index (χ3v) is 4.97. The van der Waals surface area contributed by atoms with Gasteiger partial charge in [-0.15, -0.1) is 11.3 Å². The van der Waals surface area contributed by atoms with Crippen LogP contribution in [0.2, 0.25) is 0 Å². The number of thiophene rings is 1. The number of hydrogen-bond donors (Lipinski definition) is 1. The van der Waals surface area contributed by atoms with Crippen LogP contribution >= 0.6 is 11.3 Å². The molecule has 0 spiro atoms. The summed E-state index contributed by atoms with van der Waals surface area (Å²) in [5, 5.41) is 14.2. The molecule has 19 heavy (non-hydrogen) atoms. The molecule has 0 atom stereocenters. The van der Waals surface area contributed by atoms with Gasteiger partial charge in [-0.1, -0.05) is 33.8 Å². The monoisotopic (exact) mass is 278 g/mol. The smallest absolute Gasteiger partial charge is 0.240 e. The second-order valence-corrected chi connectivity index (χ2v) is 6.39. The first kappa shape index (κ1) is 15.7. The molecule has 1 aromatic heterocycles. The van der Waals surface area contributed by atoms with Crippen molar-refractivity contribution in [3.63, 3.8) is 0 Å². The average Bonchev–Trinajstić information content (AvgIpc) is 2.94. The molecule has 0 saturated carbocycles. The predicted octanol–water partition coefficient (Wildman–Crippen LogP) is 3.47. The van der Waals surface area contributed by atoms with Gasteiger partial charge in [0.05, 0.1) is 6.07 Å². The van der Waals surface area contributed by atoms with Gasteiger partial charge < -0.3 is 5.32 Å². The van der Waals surface area contributed by atoms with E-state index in [1.165, 1.54) is 4.88 Å². The molecule has 0 saturated heterocycles. The minimum absolute atomic E-state index is 0.105. The van der Waals surface area contributed by atoms with Crippen LogP contribution < -0.4 is 5.32 Å². The highest BCUT2D eigenvalue weighted by atomic mass is 32.1. The second kappa shape index (κ2) is 6.21. The molecule has 1 rings (SSSR count). The molecule has 0 radical (unpaired) electrons. The number of rotatable bonds is 6. The molecule has 0 unspecified atom stereocenters. The highest BCUT2D eigenvalue weighted by molar-refractivity contribution is 7.10. The highest BCUT2D eigenvalue weighted by Crippen LogP contribution is 2.29. The van der Waals surface area contributed by atoms with Crippen molar-refractivity contribution >= 4 is 17.2 Å². The Bertz CT molecular complexity index is 453. The fraction of sp³-hybridized carbons (Fsp3) is 0.600. The Hall–Kier alpha value is -1.34. The first-order valence-corrected chi connectivity index (χ1v) is 7.53. The van der Waals surface area contributed by atoms with E-state index in [9.17, 15) is 10.1 Å². The van der Waals surface area contributed by atoms with E-state index in [2.05, 4.69) is 31.3 Å². The van der Waals surface area contributed by atoms with E-state index in [-0.39, 0.29) is 11.3 Å². The summed E-state index contributed by atoms with van der Waals surface area (Å²) in [4.78, 5) is 13.5. The summed E-state index contributed by atoms with van der Waals surface area (Å²) >= 11 is 1.69. The Morgan fingerprint density at radius 2 is 2.05 bits per heavy atom. The van der Waals surface area contributed by atoms with Crippen molar-refractivity contribution in [3.05, 3.63) is 22.4 Å². The van der Waals surface area contributed by atoms with Gasteiger partial charge >= 0.3 is 0 Å². The van der Waals surface area contributed by atoms with Crippen molar-refractivity contribution in [1.82, 2.24) is 5.32 Å². The number of amides is 1. The van der Waals surface area contributed by atoms with Crippen LogP contribution in [0.15, 0.2) is 17.5 Å². The number of carbonyl (C=O) groups excluding carboxylic acids is 1. The Morgan fingerprint density at radius 3 is 2.47 bits per heavy atom. The zero-order chi connectivity index (χ0) is 14.5. The van der Waals surface area contributed by atoms with Crippen LogP contribution in [0.25, 0.3) is 0 Å². The van der Waals surface area contributed by atoms with Crippen molar-refractivity contribution < 1.29 is 4.79 Å². The third kappa shape index (κ3) is 3.36. The maximum absolute atomic E-state index is 12.2. The Balaban J connectivity index is 2.72. The lowest BCUT2D eigenvalue weighted by molar-refractivity contribution is -0.128. The van der Waals surface area contributed by atoms with Crippen molar-refractivity contribution in [2.45, 2.75) is 46.0 Å². The molecule has 0 aromatic carbocycles. The van der Waals surface area contributed by atoms with Crippen molar-refractivity contribution in [3.8, 4) is 6.07 Å². The number of nitriles is 1. The summed E-state index contributed by atoms with van der Waals surface area (Å²) in [6, 6.07) is 6.27. The molecular weight excluding hydrogens is 256 g/mol. The number of nitrogens with one attached hydrogen (secondary N) is 1. The van der Waals surface area contributed by atoms with Crippen LogP contribution in [0.4, 0.5) is 0 Å². The summed E-state index contributed by atoms with van der Waals surface area (Å²) in [5.74, 6) is -0.148. The SMILES string of the molecule is CCC(C#N)(CC)C(=O)NCC(C)(C)c1cccs1. The maximum Gasteiger partial charge on any atom is 0.240 e. The van der Waals surface area contributed by atoms with Gasteiger partial charge in [-0.25, -0.2) is 0 Å². The normalized spacial score (nSPS) is 11.9. The first-order chi connectivity index (χ1) is 8.91. The van der Waals surface area contributed by atoms with E-state index in [4.69, 9.17) is 0 Å². The second-order valence-electron chi connectivity index (χ2n) is 5.44. The molecular formula is C15H22N2OS. The number of carbonyl (C=O) groups is 1. The number of hydrogen-bond acceptors (Lipinski definition) is 3. The Labute approximate surface area is 119 Å². The molecule has 1 heterocycles. The predicted molar refractivity (Wildman–Crippen MR) is 79.0 cm³/mol. The Morgan fingerprint density at radius 1 is 1.42 bits per heavy atom. The summed E-state index contributed by atoms with van der Waals surface area (Å²) < 4.78 is 0. The molecule has 0 aliphatic heterocycles. The van der Waals surface area contributed by atoms with Crippen molar-refractivity contribution in [2.24, 2.45) is 5.41 Å². The van der Waals surface area contributed by atoms with Crippen LogP contribution in [0.3, 0.4) is 0 Å². The molecule has 4 heteroatoms. The minimum Gasteiger partial charge on any atom is -0.354 e. The quantitative estimate of drug-likeness (QED) is 0.866. The lowest BCUT2D eigenvalue weighted by Gasteiger charge is -2.27. The van der Waals surface area contributed by atoms with Gasteiger partial charge in [0.15, 0.2) is 0 Å². The standard InChI is InChI=1S/C15H22N2OS/c1-5-15(6-2,10-16)13(18)17-11-14(3,4)12-8-7-9-19-12/h7-9H,5-6,11H2,1-4H3,(H,17,18). The summed E-state index contributed by atoms with van der Waals surface area (Å²) in [6.45, 7) is 8.53. The topological polar surface area (TPSA) is 52.9 Å². The lowest BCUT2D eigenvalue weighted by Crippen LogP contribution is -2.44. The van der Waals surface area contributed by atoms with Gasteiger partial charge in [0.25, 0.3) is 0 Å². The molecule has 1 N–H and O–H groups in total. The zero-order valence-electron chi connectivity index (χ0n) is 12.1. The fourth-order valence-corrected chi connectivity index (χ4v) is 2.85. The average molecular weight is 278 g/mol. The van der Waals surface area contributed by atoms with Crippen molar-refractivity contribution in [1.29, 1.82) is 5.26 Å². The molecule has 0 aliphatic carbocycles. The molecule has 1 aromatic rings. The third-order valence-electron chi connectivity index (χ3n) is 3.73. The molecule has 1 amide bonds.